The van der Waals surface area contributed by atoms with Crippen molar-refractivity contribution in [2.45, 2.75) is 11.8 Å². The van der Waals surface area contributed by atoms with Gasteiger partial charge in [0.1, 0.15) is 12.4 Å². The first-order valence-electron chi connectivity index (χ1n) is 10.3. The molecule has 3 aromatic heterocycles. The normalized spacial score (nSPS) is 11.9. The smallest absolute Gasteiger partial charge is 0.269 e. The highest BCUT2D eigenvalue weighted by Crippen LogP contribution is 2.30. The van der Waals surface area contributed by atoms with Crippen molar-refractivity contribution < 1.29 is 18.3 Å². The van der Waals surface area contributed by atoms with Gasteiger partial charge < -0.3 is 15.2 Å². The molecule has 3 heterocycles. The summed E-state index contributed by atoms with van der Waals surface area (Å²) in [4.78, 5) is 13.3. The van der Waals surface area contributed by atoms with E-state index >= 15 is 0 Å². The molecule has 1 aromatic carbocycles. The fourth-order valence-corrected chi connectivity index (χ4v) is 5.56. The number of ether oxygens (including phenoxy) is 1. The number of aliphatic hydroxyl groups excluding tert-OH is 1. The monoisotopic (exact) mass is 591 g/mol. The zero-order chi connectivity index (χ0) is 24.3. The van der Waals surface area contributed by atoms with E-state index in [1.807, 2.05) is 13.0 Å². The zero-order valence-electron chi connectivity index (χ0n) is 18.4. The number of halogens is 1. The van der Waals surface area contributed by atoms with Gasteiger partial charge in [0.05, 0.1) is 28.8 Å². The Morgan fingerprint density at radius 3 is 2.65 bits per heavy atom. The van der Waals surface area contributed by atoms with E-state index in [1.54, 1.807) is 62.0 Å². The highest BCUT2D eigenvalue weighted by atomic mass is 127. The van der Waals surface area contributed by atoms with Crippen molar-refractivity contribution in [3.05, 3.63) is 69.3 Å². The molecule has 0 bridgehead atoms. The van der Waals surface area contributed by atoms with Crippen LogP contribution in [0.4, 0.5) is 5.95 Å². The number of nitrogens with one attached hydrogen (secondary N) is 1. The molecule has 34 heavy (non-hydrogen) atoms. The van der Waals surface area contributed by atoms with E-state index in [0.717, 1.165) is 11.1 Å². The largest absolute Gasteiger partial charge is 0.490 e. The van der Waals surface area contributed by atoms with Crippen molar-refractivity contribution in [3.8, 4) is 5.75 Å². The molecule has 0 aliphatic heterocycles. The molecule has 0 fully saturated rings. The van der Waals surface area contributed by atoms with Crippen LogP contribution in [0.15, 0.2) is 53.8 Å². The van der Waals surface area contributed by atoms with E-state index in [2.05, 4.69) is 42.9 Å². The summed E-state index contributed by atoms with van der Waals surface area (Å²) in [6.45, 7) is 1.99. The summed E-state index contributed by atoms with van der Waals surface area (Å²) in [6, 6.07) is 8.48. The van der Waals surface area contributed by atoms with Gasteiger partial charge in [0.25, 0.3) is 10.0 Å². The number of pyridine rings is 1. The Labute approximate surface area is 210 Å². The molecule has 0 saturated carbocycles. The minimum atomic E-state index is -3.86. The lowest BCUT2D eigenvalue weighted by Crippen LogP contribution is -2.13. The van der Waals surface area contributed by atoms with Crippen LogP contribution in [0.5, 0.6) is 5.75 Å². The number of aromatic nitrogens is 4. The molecule has 0 spiro atoms. The molecule has 0 unspecified atom stereocenters. The predicted molar refractivity (Wildman–Crippen MR) is 139 cm³/mol. The molecular formula is C23H22IN5O4S. The van der Waals surface area contributed by atoms with Gasteiger partial charge in [0.15, 0.2) is 5.65 Å². The molecule has 9 nitrogen and oxygen atoms in total. The van der Waals surface area contributed by atoms with Gasteiger partial charge in [-0.2, -0.15) is 4.98 Å². The van der Waals surface area contributed by atoms with Gasteiger partial charge in [-0.1, -0.05) is 23.8 Å². The first kappa shape index (κ1) is 24.1. The number of hydrogen-bond acceptors (Lipinski definition) is 8. The molecule has 0 saturated heterocycles. The van der Waals surface area contributed by atoms with Crippen molar-refractivity contribution in [1.29, 1.82) is 0 Å². The molecule has 0 aliphatic rings. The van der Waals surface area contributed by atoms with Crippen LogP contribution in [0.3, 0.4) is 0 Å². The van der Waals surface area contributed by atoms with Crippen LogP contribution < -0.4 is 10.1 Å². The van der Waals surface area contributed by atoms with Crippen molar-refractivity contribution in [2.24, 2.45) is 0 Å². The van der Waals surface area contributed by atoms with E-state index in [9.17, 15) is 8.42 Å². The molecule has 11 heteroatoms. The summed E-state index contributed by atoms with van der Waals surface area (Å²) in [5, 5.41) is 12.5. The fourth-order valence-electron chi connectivity index (χ4n) is 3.27. The molecule has 4 rings (SSSR count). The molecule has 2 N–H and O–H groups in total. The number of aryl methyl sites for hydroxylation is 1. The number of fused-ring (bicyclic) bond motifs is 1. The van der Waals surface area contributed by atoms with Crippen LogP contribution >= 0.6 is 22.6 Å². The Hall–Kier alpha value is -3.03. The Kier molecular flexibility index (Phi) is 7.14. The summed E-state index contributed by atoms with van der Waals surface area (Å²) in [7, 11) is -2.19. The Morgan fingerprint density at radius 2 is 1.94 bits per heavy atom. The van der Waals surface area contributed by atoms with E-state index in [1.165, 1.54) is 3.97 Å². The molecule has 0 aliphatic carbocycles. The maximum absolute atomic E-state index is 13.4. The Balaban J connectivity index is 1.81. The van der Waals surface area contributed by atoms with Crippen molar-refractivity contribution in [1.82, 2.24) is 18.9 Å². The lowest BCUT2D eigenvalue weighted by Gasteiger charge is -2.09. The maximum atomic E-state index is 13.4. The lowest BCUT2D eigenvalue weighted by atomic mass is 10.2. The van der Waals surface area contributed by atoms with E-state index in [4.69, 9.17) is 9.84 Å². The van der Waals surface area contributed by atoms with Crippen molar-refractivity contribution in [2.75, 3.05) is 25.6 Å². The summed E-state index contributed by atoms with van der Waals surface area (Å²) >= 11 is 2.09. The van der Waals surface area contributed by atoms with Crippen LogP contribution in [-0.2, 0) is 10.0 Å². The number of nitrogens with zero attached hydrogens (tertiary/aromatic N) is 4. The van der Waals surface area contributed by atoms with E-state index in [0.29, 0.717) is 26.3 Å². The van der Waals surface area contributed by atoms with Crippen LogP contribution in [0, 0.1) is 10.5 Å². The van der Waals surface area contributed by atoms with Gasteiger partial charge in [0.2, 0.25) is 5.95 Å². The Bertz CT molecular complexity index is 1470. The number of aliphatic hydroxyl groups is 1. The average molecular weight is 591 g/mol. The van der Waals surface area contributed by atoms with Gasteiger partial charge >= 0.3 is 0 Å². The molecule has 0 amide bonds. The van der Waals surface area contributed by atoms with Crippen LogP contribution in [-0.4, -0.2) is 52.7 Å². The molecule has 4 aromatic rings. The third kappa shape index (κ3) is 4.91. The molecular weight excluding hydrogens is 569 g/mol. The van der Waals surface area contributed by atoms with Gasteiger partial charge in [-0.15, -0.1) is 0 Å². The van der Waals surface area contributed by atoms with Gasteiger partial charge in [0, 0.05) is 23.0 Å². The Morgan fingerprint density at radius 1 is 1.18 bits per heavy atom. The molecule has 176 valence electrons. The van der Waals surface area contributed by atoms with Gasteiger partial charge in [-0.3, -0.25) is 4.98 Å². The number of rotatable bonds is 8. The second-order valence-corrected chi connectivity index (χ2v) is 10.3. The summed E-state index contributed by atoms with van der Waals surface area (Å²) < 4.78 is 34.1. The van der Waals surface area contributed by atoms with Crippen LogP contribution in [0.25, 0.3) is 23.2 Å². The van der Waals surface area contributed by atoms with Crippen LogP contribution in [0.2, 0.25) is 0 Å². The summed E-state index contributed by atoms with van der Waals surface area (Å²) in [5.74, 6) is 0.824. The quantitative estimate of drug-likeness (QED) is 0.299. The second-order valence-electron chi connectivity index (χ2n) is 7.33. The summed E-state index contributed by atoms with van der Waals surface area (Å²) in [5.41, 5.74) is 2.56. The summed E-state index contributed by atoms with van der Waals surface area (Å²) in [6.07, 6.45) is 8.37. The predicted octanol–water partition coefficient (Wildman–Crippen LogP) is 3.56. The number of hydrogen-bond donors (Lipinski definition) is 2. The van der Waals surface area contributed by atoms with E-state index < -0.39 is 10.0 Å². The zero-order valence-corrected chi connectivity index (χ0v) is 21.4. The standard InChI is InChI=1S/C23H22IN5O4S/c1-15-3-6-18(7-4-15)34(31,32)29-14-19(24)21-20(27-23(25-2)28-22(21)29)8-5-16-11-17(13-26-12-16)33-10-9-30/h3-8,11-14,30H,9-10H2,1-2H3,(H,25,27,28)/b8-5+. The van der Waals surface area contributed by atoms with Gasteiger partial charge in [-0.25, -0.2) is 17.4 Å². The molecule has 0 atom stereocenters. The maximum Gasteiger partial charge on any atom is 0.269 e. The minimum Gasteiger partial charge on any atom is -0.490 e. The molecule has 0 radical (unpaired) electrons. The van der Waals surface area contributed by atoms with Crippen molar-refractivity contribution in [3.63, 3.8) is 0 Å². The van der Waals surface area contributed by atoms with E-state index in [-0.39, 0.29) is 23.8 Å². The highest BCUT2D eigenvalue weighted by molar-refractivity contribution is 14.1. The van der Waals surface area contributed by atoms with Crippen molar-refractivity contribution >= 4 is 61.7 Å². The topological polar surface area (TPSA) is 119 Å². The average Bonchev–Trinajstić information content (AvgIpc) is 3.19. The number of anilines is 1. The van der Waals surface area contributed by atoms with Gasteiger partial charge in [-0.05, 0) is 59.4 Å². The third-order valence-corrected chi connectivity index (χ3v) is 7.41. The SMILES string of the molecule is CNc1nc(/C=C/c2cncc(OCCO)c2)c2c(I)cn(S(=O)(=O)c3ccc(C)cc3)c2n1. The fraction of sp³-hybridized carbons (Fsp3) is 0.174. The minimum absolute atomic E-state index is 0.0906. The third-order valence-electron chi connectivity index (χ3n) is 4.93. The lowest BCUT2D eigenvalue weighted by molar-refractivity contribution is 0.201. The highest BCUT2D eigenvalue weighted by Gasteiger charge is 2.24. The van der Waals surface area contributed by atoms with Crippen LogP contribution in [0.1, 0.15) is 16.8 Å². The first-order valence-corrected chi connectivity index (χ1v) is 12.8. The second kappa shape index (κ2) is 10.1. The first-order chi connectivity index (χ1) is 16.3. The number of benzene rings is 1.